The maximum absolute atomic E-state index is 11.1. The molecule has 0 unspecified atom stereocenters. The highest BCUT2D eigenvalue weighted by molar-refractivity contribution is 5.09. The number of aromatic amines is 1. The molecule has 1 aromatic rings. The fourth-order valence-corrected chi connectivity index (χ4v) is 0.953. The third kappa shape index (κ3) is 2.89. The van der Waals surface area contributed by atoms with Crippen LogP contribution in [0.15, 0.2) is 10.9 Å². The van der Waals surface area contributed by atoms with Crippen molar-refractivity contribution in [3.63, 3.8) is 0 Å². The third-order valence-corrected chi connectivity index (χ3v) is 1.46. The number of aryl methyl sites for hydroxylation is 1. The van der Waals surface area contributed by atoms with Crippen LogP contribution in [0.2, 0.25) is 0 Å². The first-order valence-corrected chi connectivity index (χ1v) is 4.38. The number of nitrogens with one attached hydrogen (secondary N) is 1. The van der Waals surface area contributed by atoms with Crippen LogP contribution in [-0.2, 0) is 6.42 Å². The fourth-order valence-electron chi connectivity index (χ4n) is 0.953. The van der Waals surface area contributed by atoms with Crippen LogP contribution in [-0.4, -0.2) is 16.1 Å². The summed E-state index contributed by atoms with van der Waals surface area (Å²) in [6.45, 7) is 5.72. The van der Waals surface area contributed by atoms with Crippen molar-refractivity contribution in [1.82, 2.24) is 9.97 Å². The van der Waals surface area contributed by atoms with Crippen LogP contribution < -0.4 is 10.3 Å². The van der Waals surface area contributed by atoms with E-state index >= 15 is 0 Å². The zero-order valence-electron chi connectivity index (χ0n) is 8.13. The van der Waals surface area contributed by atoms with Gasteiger partial charge in [-0.1, -0.05) is 6.92 Å². The van der Waals surface area contributed by atoms with Crippen LogP contribution in [0.5, 0.6) is 5.88 Å². The summed E-state index contributed by atoms with van der Waals surface area (Å²) in [5.41, 5.74) is -0.164. The predicted molar refractivity (Wildman–Crippen MR) is 50.0 cm³/mol. The Hall–Kier alpha value is -1.32. The quantitative estimate of drug-likeness (QED) is 0.762. The molecule has 0 aliphatic carbocycles. The van der Waals surface area contributed by atoms with Crippen molar-refractivity contribution < 1.29 is 4.74 Å². The molecule has 1 rings (SSSR count). The number of aromatic nitrogens is 2. The van der Waals surface area contributed by atoms with E-state index in [9.17, 15) is 4.79 Å². The van der Waals surface area contributed by atoms with Gasteiger partial charge in [-0.2, -0.15) is 0 Å². The van der Waals surface area contributed by atoms with Crippen LogP contribution in [0.4, 0.5) is 0 Å². The molecule has 1 heterocycles. The first kappa shape index (κ1) is 9.77. The molecule has 0 bridgehead atoms. The van der Waals surface area contributed by atoms with Gasteiger partial charge in [-0.3, -0.25) is 4.79 Å². The van der Waals surface area contributed by atoms with E-state index in [1.54, 1.807) is 0 Å². The van der Waals surface area contributed by atoms with E-state index in [1.165, 1.54) is 6.07 Å². The van der Waals surface area contributed by atoms with Crippen molar-refractivity contribution in [3.05, 3.63) is 22.2 Å². The van der Waals surface area contributed by atoms with Gasteiger partial charge in [0.1, 0.15) is 5.82 Å². The molecule has 13 heavy (non-hydrogen) atoms. The lowest BCUT2D eigenvalue weighted by Crippen LogP contribution is -2.14. The van der Waals surface area contributed by atoms with Crippen LogP contribution in [0, 0.1) is 0 Å². The van der Waals surface area contributed by atoms with Crippen molar-refractivity contribution in [3.8, 4) is 5.88 Å². The van der Waals surface area contributed by atoms with Crippen LogP contribution >= 0.6 is 0 Å². The summed E-state index contributed by atoms with van der Waals surface area (Å²) in [4.78, 5) is 17.8. The SMILES string of the molecule is CCc1nc(OC(C)C)cc(=O)[nH]1. The standard InChI is InChI=1S/C9H14N2O2/c1-4-7-10-8(12)5-9(11-7)13-6(2)3/h5-6H,4H2,1-3H3,(H,10,11,12). The average molecular weight is 182 g/mol. The summed E-state index contributed by atoms with van der Waals surface area (Å²) >= 11 is 0. The van der Waals surface area contributed by atoms with Gasteiger partial charge in [0.05, 0.1) is 12.2 Å². The molecule has 72 valence electrons. The normalized spacial score (nSPS) is 10.5. The second-order valence-electron chi connectivity index (χ2n) is 3.05. The lowest BCUT2D eigenvalue weighted by Gasteiger charge is -2.08. The Morgan fingerprint density at radius 2 is 2.31 bits per heavy atom. The molecule has 0 spiro atoms. The van der Waals surface area contributed by atoms with E-state index in [2.05, 4.69) is 9.97 Å². The van der Waals surface area contributed by atoms with Gasteiger partial charge in [0, 0.05) is 6.42 Å². The summed E-state index contributed by atoms with van der Waals surface area (Å²) in [5.74, 6) is 1.05. The van der Waals surface area contributed by atoms with Gasteiger partial charge in [-0.25, -0.2) is 4.98 Å². The Labute approximate surface area is 77.0 Å². The molecule has 1 aromatic heterocycles. The maximum Gasteiger partial charge on any atom is 0.254 e. The van der Waals surface area contributed by atoms with Gasteiger partial charge in [-0.05, 0) is 13.8 Å². The lowest BCUT2D eigenvalue weighted by molar-refractivity contribution is 0.231. The predicted octanol–water partition coefficient (Wildman–Crippen LogP) is 1.12. The lowest BCUT2D eigenvalue weighted by atomic mass is 10.4. The van der Waals surface area contributed by atoms with E-state index in [0.29, 0.717) is 18.1 Å². The van der Waals surface area contributed by atoms with Gasteiger partial charge >= 0.3 is 0 Å². The molecule has 1 N–H and O–H groups in total. The van der Waals surface area contributed by atoms with Crippen molar-refractivity contribution in [1.29, 1.82) is 0 Å². The summed E-state index contributed by atoms with van der Waals surface area (Å²) in [6.07, 6.45) is 0.740. The van der Waals surface area contributed by atoms with E-state index in [1.807, 2.05) is 20.8 Å². The Morgan fingerprint density at radius 3 is 2.85 bits per heavy atom. The molecule has 0 saturated heterocycles. The van der Waals surface area contributed by atoms with E-state index in [-0.39, 0.29) is 11.7 Å². The van der Waals surface area contributed by atoms with Crippen LogP contribution in [0.25, 0.3) is 0 Å². The number of ether oxygens (including phenoxy) is 1. The Bertz CT molecular complexity index is 331. The molecule has 4 nitrogen and oxygen atoms in total. The summed E-state index contributed by atoms with van der Waals surface area (Å²) in [7, 11) is 0. The minimum absolute atomic E-state index is 0.0407. The van der Waals surface area contributed by atoms with Gasteiger partial charge in [-0.15, -0.1) is 0 Å². The molecule has 0 aromatic carbocycles. The third-order valence-electron chi connectivity index (χ3n) is 1.46. The highest BCUT2D eigenvalue weighted by atomic mass is 16.5. The molecular formula is C9H14N2O2. The molecular weight excluding hydrogens is 168 g/mol. The van der Waals surface area contributed by atoms with E-state index in [0.717, 1.165) is 0 Å². The molecule has 0 fully saturated rings. The van der Waals surface area contributed by atoms with Crippen LogP contribution in [0.1, 0.15) is 26.6 Å². The second kappa shape index (κ2) is 4.07. The first-order valence-electron chi connectivity index (χ1n) is 4.38. The van der Waals surface area contributed by atoms with Crippen molar-refractivity contribution in [2.45, 2.75) is 33.3 Å². The monoisotopic (exact) mass is 182 g/mol. The highest BCUT2D eigenvalue weighted by Gasteiger charge is 2.02. The van der Waals surface area contributed by atoms with Crippen molar-refractivity contribution in [2.24, 2.45) is 0 Å². The largest absolute Gasteiger partial charge is 0.475 e. The maximum atomic E-state index is 11.1. The zero-order chi connectivity index (χ0) is 9.84. The minimum atomic E-state index is -0.164. The average Bonchev–Trinajstić information content (AvgIpc) is 2.01. The number of hydrogen-bond donors (Lipinski definition) is 1. The first-order chi connectivity index (χ1) is 6.11. The van der Waals surface area contributed by atoms with Gasteiger partial charge in [0.2, 0.25) is 5.88 Å². The van der Waals surface area contributed by atoms with Gasteiger partial charge < -0.3 is 9.72 Å². The highest BCUT2D eigenvalue weighted by Crippen LogP contribution is 2.04. The number of hydrogen-bond acceptors (Lipinski definition) is 3. The van der Waals surface area contributed by atoms with Crippen LogP contribution in [0.3, 0.4) is 0 Å². The molecule has 0 radical (unpaired) electrons. The molecule has 0 aliphatic heterocycles. The van der Waals surface area contributed by atoms with Crippen molar-refractivity contribution in [2.75, 3.05) is 0 Å². The number of nitrogens with zero attached hydrogens (tertiary/aromatic N) is 1. The summed E-state index contributed by atoms with van der Waals surface area (Å²) < 4.78 is 5.31. The second-order valence-corrected chi connectivity index (χ2v) is 3.05. The Balaban J connectivity index is 2.95. The number of H-pyrrole nitrogens is 1. The Kier molecular flexibility index (Phi) is 3.06. The fraction of sp³-hybridized carbons (Fsp3) is 0.556. The number of rotatable bonds is 3. The summed E-state index contributed by atoms with van der Waals surface area (Å²) in [5, 5.41) is 0. The zero-order valence-corrected chi connectivity index (χ0v) is 8.13. The molecule has 0 amide bonds. The molecule has 4 heteroatoms. The topological polar surface area (TPSA) is 55.0 Å². The molecule has 0 aliphatic rings. The van der Waals surface area contributed by atoms with Gasteiger partial charge in [0.25, 0.3) is 5.56 Å². The van der Waals surface area contributed by atoms with Gasteiger partial charge in [0.15, 0.2) is 0 Å². The van der Waals surface area contributed by atoms with E-state index in [4.69, 9.17) is 4.74 Å². The molecule has 0 atom stereocenters. The Morgan fingerprint density at radius 1 is 1.62 bits per heavy atom. The van der Waals surface area contributed by atoms with Crippen molar-refractivity contribution >= 4 is 0 Å². The summed E-state index contributed by atoms with van der Waals surface area (Å²) in [6, 6.07) is 1.36. The smallest absolute Gasteiger partial charge is 0.254 e. The minimum Gasteiger partial charge on any atom is -0.475 e. The van der Waals surface area contributed by atoms with E-state index < -0.39 is 0 Å². The molecule has 0 saturated carbocycles.